The van der Waals surface area contributed by atoms with E-state index < -0.39 is 0 Å². The molecule has 0 aromatic rings. The first-order chi connectivity index (χ1) is 8.35. The first-order valence-electron chi connectivity index (χ1n) is 6.87. The van der Waals surface area contributed by atoms with Crippen LogP contribution in [0.25, 0.3) is 0 Å². The number of hydrogen-bond donors (Lipinski definition) is 1. The van der Waals surface area contributed by atoms with Gasteiger partial charge in [0.05, 0.1) is 0 Å². The van der Waals surface area contributed by atoms with Gasteiger partial charge >= 0.3 is 0 Å². The fraction of sp³-hybridized carbons (Fsp3) is 1.00. The minimum absolute atomic E-state index is 0.460. The van der Waals surface area contributed by atoms with Crippen LogP contribution in [-0.2, 0) is 4.74 Å². The summed E-state index contributed by atoms with van der Waals surface area (Å²) in [4.78, 5) is 2.68. The number of thioether (sulfide) groups is 1. The second-order valence-corrected chi connectivity index (χ2v) is 6.61. The third-order valence-corrected chi connectivity index (χ3v) is 5.03. The van der Waals surface area contributed by atoms with Crippen molar-refractivity contribution in [3.8, 4) is 0 Å². The molecule has 0 bridgehead atoms. The zero-order valence-electron chi connectivity index (χ0n) is 11.0. The number of nitrogens with zero attached hydrogens (tertiary/aromatic N) is 1. The maximum Gasteiger partial charge on any atom is 0.0472 e. The maximum absolute atomic E-state index is 5.53. The molecule has 100 valence electrons. The lowest BCUT2D eigenvalue weighted by Crippen LogP contribution is -2.47. The summed E-state index contributed by atoms with van der Waals surface area (Å²) in [5.74, 6) is 2.66. The Labute approximate surface area is 110 Å². The van der Waals surface area contributed by atoms with Crippen LogP contribution >= 0.6 is 11.8 Å². The van der Waals surface area contributed by atoms with Gasteiger partial charge in [0.25, 0.3) is 0 Å². The molecule has 2 fully saturated rings. The zero-order valence-corrected chi connectivity index (χ0v) is 11.9. The van der Waals surface area contributed by atoms with Crippen molar-refractivity contribution in [2.75, 3.05) is 57.9 Å². The van der Waals surface area contributed by atoms with Crippen LogP contribution in [0.1, 0.15) is 19.3 Å². The molecule has 0 radical (unpaired) electrons. The Morgan fingerprint density at radius 1 is 1.24 bits per heavy atom. The van der Waals surface area contributed by atoms with Crippen molar-refractivity contribution in [1.82, 2.24) is 10.2 Å². The van der Waals surface area contributed by atoms with Crippen molar-refractivity contribution in [1.29, 1.82) is 0 Å². The van der Waals surface area contributed by atoms with Crippen molar-refractivity contribution < 1.29 is 4.74 Å². The van der Waals surface area contributed by atoms with Gasteiger partial charge in [0.1, 0.15) is 0 Å². The molecular formula is C13H26N2OS. The van der Waals surface area contributed by atoms with E-state index in [-0.39, 0.29) is 0 Å². The molecule has 1 N–H and O–H groups in total. The number of ether oxygens (including phenoxy) is 1. The average molecular weight is 258 g/mol. The van der Waals surface area contributed by atoms with E-state index in [1.807, 2.05) is 0 Å². The molecule has 2 rings (SSSR count). The molecule has 0 spiro atoms. The Hall–Kier alpha value is 0.230. The van der Waals surface area contributed by atoms with Crippen molar-refractivity contribution >= 4 is 11.8 Å². The summed E-state index contributed by atoms with van der Waals surface area (Å²) >= 11 is 2.11. The van der Waals surface area contributed by atoms with E-state index in [4.69, 9.17) is 4.74 Å². The Balaban J connectivity index is 1.90. The van der Waals surface area contributed by atoms with Gasteiger partial charge in [-0.3, -0.25) is 0 Å². The van der Waals surface area contributed by atoms with Gasteiger partial charge in [0.15, 0.2) is 0 Å². The summed E-state index contributed by atoms with van der Waals surface area (Å²) in [7, 11) is 2.08. The molecule has 0 amide bonds. The topological polar surface area (TPSA) is 24.5 Å². The van der Waals surface area contributed by atoms with Gasteiger partial charge in [-0.05, 0) is 44.0 Å². The molecule has 0 atom stereocenters. The summed E-state index contributed by atoms with van der Waals surface area (Å²) in [5, 5.41) is 3.40. The van der Waals surface area contributed by atoms with E-state index in [1.54, 1.807) is 0 Å². The van der Waals surface area contributed by atoms with Crippen LogP contribution in [0.15, 0.2) is 0 Å². The highest BCUT2D eigenvalue weighted by molar-refractivity contribution is 7.99. The molecular weight excluding hydrogens is 232 g/mol. The maximum atomic E-state index is 5.53. The van der Waals surface area contributed by atoms with E-state index in [2.05, 4.69) is 29.0 Å². The molecule has 0 aliphatic carbocycles. The van der Waals surface area contributed by atoms with Crippen LogP contribution in [0.4, 0.5) is 0 Å². The quantitative estimate of drug-likeness (QED) is 0.825. The Morgan fingerprint density at radius 2 is 2.06 bits per heavy atom. The largest absolute Gasteiger partial charge is 0.381 e. The average Bonchev–Trinajstić information content (AvgIpc) is 2.59. The van der Waals surface area contributed by atoms with Crippen molar-refractivity contribution in [3.63, 3.8) is 0 Å². The second kappa shape index (κ2) is 6.98. The Kier molecular flexibility index (Phi) is 5.60. The van der Waals surface area contributed by atoms with Gasteiger partial charge in [-0.15, -0.1) is 0 Å². The van der Waals surface area contributed by atoms with Crippen LogP contribution < -0.4 is 5.32 Å². The van der Waals surface area contributed by atoms with E-state index in [9.17, 15) is 0 Å². The van der Waals surface area contributed by atoms with Gasteiger partial charge in [-0.25, -0.2) is 0 Å². The highest BCUT2D eigenvalue weighted by atomic mass is 32.2. The van der Waals surface area contributed by atoms with Crippen LogP contribution in [0.2, 0.25) is 0 Å². The summed E-state index contributed by atoms with van der Waals surface area (Å²) in [6, 6.07) is 0. The van der Waals surface area contributed by atoms with Gasteiger partial charge in [0.2, 0.25) is 0 Å². The lowest BCUT2D eigenvalue weighted by molar-refractivity contribution is -0.00237. The van der Waals surface area contributed by atoms with Crippen LogP contribution in [0.3, 0.4) is 0 Å². The highest BCUT2D eigenvalue weighted by Crippen LogP contribution is 2.31. The van der Waals surface area contributed by atoms with Gasteiger partial charge < -0.3 is 15.0 Å². The number of rotatable bonds is 4. The molecule has 0 aromatic carbocycles. The van der Waals surface area contributed by atoms with E-state index in [0.717, 1.165) is 19.8 Å². The zero-order chi connectivity index (χ0) is 12.0. The molecule has 2 saturated heterocycles. The summed E-state index contributed by atoms with van der Waals surface area (Å²) in [6.45, 7) is 6.86. The summed E-state index contributed by atoms with van der Waals surface area (Å²) in [5.41, 5.74) is 0.460. The standard InChI is InChI=1S/C13H26N2OS/c1-14-11-13(3-7-16-8-4-13)12-15-5-2-9-17-10-6-15/h14H,2-12H2,1H3. The minimum atomic E-state index is 0.460. The summed E-state index contributed by atoms with van der Waals surface area (Å²) < 4.78 is 5.53. The molecule has 0 unspecified atom stereocenters. The fourth-order valence-corrected chi connectivity index (χ4v) is 3.93. The Bertz CT molecular complexity index is 206. The molecule has 4 heteroatoms. The number of hydrogen-bond acceptors (Lipinski definition) is 4. The molecule has 0 aromatic heterocycles. The third-order valence-electron chi connectivity index (χ3n) is 3.98. The van der Waals surface area contributed by atoms with Crippen molar-refractivity contribution in [2.45, 2.75) is 19.3 Å². The van der Waals surface area contributed by atoms with Gasteiger partial charge in [0, 0.05) is 38.6 Å². The molecule has 17 heavy (non-hydrogen) atoms. The van der Waals surface area contributed by atoms with Crippen molar-refractivity contribution in [2.24, 2.45) is 5.41 Å². The lowest BCUT2D eigenvalue weighted by Gasteiger charge is -2.40. The summed E-state index contributed by atoms with van der Waals surface area (Å²) in [6.07, 6.45) is 3.80. The molecule has 2 aliphatic rings. The number of nitrogens with one attached hydrogen (secondary N) is 1. The first kappa shape index (κ1) is 13.7. The Morgan fingerprint density at radius 3 is 2.82 bits per heavy atom. The molecule has 3 nitrogen and oxygen atoms in total. The molecule has 0 saturated carbocycles. The second-order valence-electron chi connectivity index (χ2n) is 5.38. The van der Waals surface area contributed by atoms with Crippen LogP contribution in [-0.4, -0.2) is 62.8 Å². The third kappa shape index (κ3) is 4.12. The van der Waals surface area contributed by atoms with Crippen molar-refractivity contribution in [3.05, 3.63) is 0 Å². The lowest BCUT2D eigenvalue weighted by atomic mass is 9.79. The van der Waals surface area contributed by atoms with Crippen LogP contribution in [0, 0.1) is 5.41 Å². The predicted molar refractivity (Wildman–Crippen MR) is 74.8 cm³/mol. The van der Waals surface area contributed by atoms with E-state index in [1.165, 1.54) is 50.4 Å². The first-order valence-corrected chi connectivity index (χ1v) is 8.03. The van der Waals surface area contributed by atoms with Crippen LogP contribution in [0.5, 0.6) is 0 Å². The van der Waals surface area contributed by atoms with Gasteiger partial charge in [-0.1, -0.05) is 0 Å². The highest BCUT2D eigenvalue weighted by Gasteiger charge is 2.33. The monoisotopic (exact) mass is 258 g/mol. The smallest absolute Gasteiger partial charge is 0.0472 e. The van der Waals surface area contributed by atoms with E-state index >= 15 is 0 Å². The molecule has 2 aliphatic heterocycles. The fourth-order valence-electron chi connectivity index (χ4n) is 3.00. The minimum Gasteiger partial charge on any atom is -0.381 e. The van der Waals surface area contributed by atoms with Gasteiger partial charge in [-0.2, -0.15) is 11.8 Å². The predicted octanol–water partition coefficient (Wildman–Crippen LogP) is 1.44. The normalized spacial score (nSPS) is 26.6. The SMILES string of the molecule is CNCC1(CN2CCCSCC2)CCOCC1. The van der Waals surface area contributed by atoms with E-state index in [0.29, 0.717) is 5.41 Å². The molecule has 2 heterocycles.